The molecule has 1 N–H and O–H groups in total. The molecule has 1 aliphatic heterocycles. The fourth-order valence-corrected chi connectivity index (χ4v) is 1.68. The minimum Gasteiger partial charge on any atom is -0.454 e. The standard InChI is InChI=1S/C12H9ClN2O2/c13-8-1-4-12(14-6-8)15-9-2-3-10-11(5-9)17-7-16-10/h1-6H,7H2,(H,14,15). The lowest BCUT2D eigenvalue weighted by Crippen LogP contribution is -1.93. The Morgan fingerprint density at radius 1 is 1.12 bits per heavy atom. The summed E-state index contributed by atoms with van der Waals surface area (Å²) < 4.78 is 10.5. The number of nitrogens with one attached hydrogen (secondary N) is 1. The molecule has 2 aromatic rings. The molecule has 5 heteroatoms. The van der Waals surface area contributed by atoms with Crippen molar-refractivity contribution in [2.24, 2.45) is 0 Å². The summed E-state index contributed by atoms with van der Waals surface area (Å²) in [5.41, 5.74) is 0.893. The van der Waals surface area contributed by atoms with Gasteiger partial charge in [-0.1, -0.05) is 11.6 Å². The van der Waals surface area contributed by atoms with Crippen LogP contribution in [0.1, 0.15) is 0 Å². The van der Waals surface area contributed by atoms with E-state index in [0.717, 1.165) is 23.0 Å². The first-order chi connectivity index (χ1) is 8.31. The van der Waals surface area contributed by atoms with E-state index in [9.17, 15) is 0 Å². The number of rotatable bonds is 2. The molecule has 4 nitrogen and oxygen atoms in total. The number of halogens is 1. The Kier molecular flexibility index (Phi) is 2.49. The third-order valence-electron chi connectivity index (χ3n) is 2.37. The summed E-state index contributed by atoms with van der Waals surface area (Å²) in [4.78, 5) is 4.15. The third-order valence-corrected chi connectivity index (χ3v) is 2.60. The molecule has 0 atom stereocenters. The van der Waals surface area contributed by atoms with Gasteiger partial charge >= 0.3 is 0 Å². The van der Waals surface area contributed by atoms with Gasteiger partial charge in [0.25, 0.3) is 0 Å². The van der Waals surface area contributed by atoms with Gasteiger partial charge in [-0.15, -0.1) is 0 Å². The predicted molar refractivity (Wildman–Crippen MR) is 65.1 cm³/mol. The number of aromatic nitrogens is 1. The number of nitrogens with zero attached hydrogens (tertiary/aromatic N) is 1. The highest BCUT2D eigenvalue weighted by Gasteiger charge is 2.13. The van der Waals surface area contributed by atoms with Crippen molar-refractivity contribution in [3.05, 3.63) is 41.6 Å². The van der Waals surface area contributed by atoms with E-state index >= 15 is 0 Å². The number of ether oxygens (including phenoxy) is 2. The summed E-state index contributed by atoms with van der Waals surface area (Å²) in [6.45, 7) is 0.276. The lowest BCUT2D eigenvalue weighted by atomic mass is 10.3. The number of benzene rings is 1. The van der Waals surface area contributed by atoms with Crippen molar-refractivity contribution in [2.75, 3.05) is 12.1 Å². The van der Waals surface area contributed by atoms with Crippen LogP contribution in [0.25, 0.3) is 0 Å². The number of fused-ring (bicyclic) bond motifs is 1. The fraction of sp³-hybridized carbons (Fsp3) is 0.0833. The number of hydrogen-bond acceptors (Lipinski definition) is 4. The zero-order chi connectivity index (χ0) is 11.7. The zero-order valence-electron chi connectivity index (χ0n) is 8.81. The lowest BCUT2D eigenvalue weighted by molar-refractivity contribution is 0.174. The third kappa shape index (κ3) is 2.12. The largest absolute Gasteiger partial charge is 0.454 e. The SMILES string of the molecule is Clc1ccc(Nc2ccc3c(c2)OCO3)nc1. The van der Waals surface area contributed by atoms with Crippen LogP contribution < -0.4 is 14.8 Å². The maximum atomic E-state index is 5.76. The minimum absolute atomic E-state index is 0.276. The second kappa shape index (κ2) is 4.14. The molecule has 0 amide bonds. The van der Waals surface area contributed by atoms with Crippen LogP contribution in [0.3, 0.4) is 0 Å². The summed E-state index contributed by atoms with van der Waals surface area (Å²) in [5.74, 6) is 2.23. The molecule has 0 saturated heterocycles. The maximum absolute atomic E-state index is 5.76. The first kappa shape index (κ1) is 10.2. The normalized spacial score (nSPS) is 12.5. The molecule has 0 unspecified atom stereocenters. The first-order valence-corrected chi connectivity index (χ1v) is 5.47. The topological polar surface area (TPSA) is 43.4 Å². The summed E-state index contributed by atoms with van der Waals surface area (Å²) in [6.07, 6.45) is 1.59. The Balaban J connectivity index is 1.83. The molecule has 0 saturated carbocycles. The summed E-state index contributed by atoms with van der Waals surface area (Å²) >= 11 is 5.76. The van der Waals surface area contributed by atoms with Crippen molar-refractivity contribution in [1.29, 1.82) is 0 Å². The van der Waals surface area contributed by atoms with Crippen LogP contribution in [0, 0.1) is 0 Å². The Morgan fingerprint density at radius 3 is 2.82 bits per heavy atom. The summed E-state index contributed by atoms with van der Waals surface area (Å²) in [7, 11) is 0. The molecule has 1 aliphatic rings. The summed E-state index contributed by atoms with van der Waals surface area (Å²) in [5, 5.41) is 3.77. The minimum atomic E-state index is 0.276. The Hall–Kier alpha value is -1.94. The van der Waals surface area contributed by atoms with Gasteiger partial charge in [-0.3, -0.25) is 0 Å². The van der Waals surface area contributed by atoms with Gasteiger partial charge in [0.05, 0.1) is 5.02 Å². The molecule has 0 spiro atoms. The molecule has 0 radical (unpaired) electrons. The average Bonchev–Trinajstić information content (AvgIpc) is 2.79. The maximum Gasteiger partial charge on any atom is 0.231 e. The van der Waals surface area contributed by atoms with Crippen LogP contribution in [0.5, 0.6) is 11.5 Å². The van der Waals surface area contributed by atoms with Crippen LogP contribution in [-0.2, 0) is 0 Å². The quantitative estimate of drug-likeness (QED) is 0.886. The molecule has 0 bridgehead atoms. The van der Waals surface area contributed by atoms with E-state index in [4.69, 9.17) is 21.1 Å². The van der Waals surface area contributed by atoms with E-state index in [-0.39, 0.29) is 6.79 Å². The summed E-state index contributed by atoms with van der Waals surface area (Å²) in [6, 6.07) is 9.24. The molecule has 1 aromatic heterocycles. The van der Waals surface area contributed by atoms with E-state index in [1.807, 2.05) is 24.3 Å². The Labute approximate surface area is 103 Å². The molecular weight excluding hydrogens is 240 g/mol. The monoisotopic (exact) mass is 248 g/mol. The van der Waals surface area contributed by atoms with Gasteiger partial charge in [0.15, 0.2) is 11.5 Å². The van der Waals surface area contributed by atoms with Gasteiger partial charge in [-0.25, -0.2) is 4.98 Å². The molecule has 1 aromatic carbocycles. The molecule has 2 heterocycles. The highest BCUT2D eigenvalue weighted by Crippen LogP contribution is 2.34. The van der Waals surface area contributed by atoms with Crippen LogP contribution in [0.15, 0.2) is 36.5 Å². The fourth-order valence-electron chi connectivity index (χ4n) is 1.57. The van der Waals surface area contributed by atoms with E-state index < -0.39 is 0 Å². The molecule has 17 heavy (non-hydrogen) atoms. The van der Waals surface area contributed by atoms with Crippen LogP contribution in [0.4, 0.5) is 11.5 Å². The number of anilines is 2. The molecule has 0 fully saturated rings. The second-order valence-corrected chi connectivity index (χ2v) is 3.99. The van der Waals surface area contributed by atoms with Gasteiger partial charge < -0.3 is 14.8 Å². The number of hydrogen-bond donors (Lipinski definition) is 1. The zero-order valence-corrected chi connectivity index (χ0v) is 9.57. The molecule has 3 rings (SSSR count). The van der Waals surface area contributed by atoms with E-state index in [2.05, 4.69) is 10.3 Å². The highest BCUT2D eigenvalue weighted by molar-refractivity contribution is 6.30. The average molecular weight is 249 g/mol. The van der Waals surface area contributed by atoms with Crippen molar-refractivity contribution in [1.82, 2.24) is 4.98 Å². The van der Waals surface area contributed by atoms with Crippen LogP contribution in [0.2, 0.25) is 5.02 Å². The van der Waals surface area contributed by atoms with E-state index in [1.54, 1.807) is 12.3 Å². The number of pyridine rings is 1. The molecule has 0 aliphatic carbocycles. The van der Waals surface area contributed by atoms with E-state index in [1.165, 1.54) is 0 Å². The first-order valence-electron chi connectivity index (χ1n) is 5.09. The highest BCUT2D eigenvalue weighted by atomic mass is 35.5. The van der Waals surface area contributed by atoms with Crippen molar-refractivity contribution in [3.63, 3.8) is 0 Å². The second-order valence-electron chi connectivity index (χ2n) is 3.55. The van der Waals surface area contributed by atoms with Crippen molar-refractivity contribution in [2.45, 2.75) is 0 Å². The predicted octanol–water partition coefficient (Wildman–Crippen LogP) is 3.21. The van der Waals surface area contributed by atoms with Crippen LogP contribution in [-0.4, -0.2) is 11.8 Å². The van der Waals surface area contributed by atoms with Crippen LogP contribution >= 0.6 is 11.6 Å². The Morgan fingerprint density at radius 2 is 2.00 bits per heavy atom. The van der Waals surface area contributed by atoms with Gasteiger partial charge in [0, 0.05) is 18.0 Å². The van der Waals surface area contributed by atoms with Gasteiger partial charge in [0.2, 0.25) is 6.79 Å². The lowest BCUT2D eigenvalue weighted by Gasteiger charge is -2.06. The van der Waals surface area contributed by atoms with Crippen molar-refractivity contribution < 1.29 is 9.47 Å². The van der Waals surface area contributed by atoms with Gasteiger partial charge in [0.1, 0.15) is 5.82 Å². The smallest absolute Gasteiger partial charge is 0.231 e. The Bertz CT molecular complexity index is 543. The van der Waals surface area contributed by atoms with Crippen molar-refractivity contribution in [3.8, 4) is 11.5 Å². The molecular formula is C12H9ClN2O2. The van der Waals surface area contributed by atoms with Gasteiger partial charge in [-0.2, -0.15) is 0 Å². The van der Waals surface area contributed by atoms with Crippen molar-refractivity contribution >= 4 is 23.1 Å². The molecule has 86 valence electrons. The van der Waals surface area contributed by atoms with E-state index in [0.29, 0.717) is 5.02 Å². The van der Waals surface area contributed by atoms with Gasteiger partial charge in [-0.05, 0) is 24.3 Å².